The average Bonchev–Trinajstić information content (AvgIpc) is 2.28. The summed E-state index contributed by atoms with van der Waals surface area (Å²) in [6.07, 6.45) is 1.57. The molecule has 0 saturated carbocycles. The summed E-state index contributed by atoms with van der Waals surface area (Å²) in [5.41, 5.74) is 1.99. The predicted octanol–water partition coefficient (Wildman–Crippen LogP) is 4.66. The van der Waals surface area contributed by atoms with Crippen molar-refractivity contribution in [2.45, 2.75) is 19.8 Å². The summed E-state index contributed by atoms with van der Waals surface area (Å²) in [5, 5.41) is 0.592. The molecule has 17 heavy (non-hydrogen) atoms. The molecular weight excluding hydrogens is 237 g/mol. The molecule has 0 saturated heterocycles. The van der Waals surface area contributed by atoms with Crippen LogP contribution in [0, 0.1) is 5.82 Å². The number of pyridine rings is 1. The van der Waals surface area contributed by atoms with Crippen LogP contribution in [0.5, 0.6) is 0 Å². The topological polar surface area (TPSA) is 12.9 Å². The molecule has 2 rings (SSSR count). The number of hydrogen-bond donors (Lipinski definition) is 0. The van der Waals surface area contributed by atoms with Gasteiger partial charge in [0.2, 0.25) is 0 Å². The van der Waals surface area contributed by atoms with Gasteiger partial charge in [-0.15, -0.1) is 0 Å². The first-order valence-corrected chi connectivity index (χ1v) is 5.87. The number of aromatic nitrogens is 1. The third kappa shape index (κ3) is 2.64. The second-order valence-electron chi connectivity index (χ2n) is 4.25. The highest BCUT2D eigenvalue weighted by molar-refractivity contribution is 6.30. The van der Waals surface area contributed by atoms with E-state index in [1.807, 2.05) is 19.9 Å². The molecule has 1 heterocycles. The Bertz CT molecular complexity index is 537. The highest BCUT2D eigenvalue weighted by Gasteiger charge is 2.09. The lowest BCUT2D eigenvalue weighted by Gasteiger charge is -2.08. The van der Waals surface area contributed by atoms with E-state index in [1.165, 1.54) is 6.07 Å². The fraction of sp³-hybridized carbons (Fsp3) is 0.214. The van der Waals surface area contributed by atoms with Crippen molar-refractivity contribution in [1.29, 1.82) is 0 Å². The standard InChI is InChI=1S/C14H13ClFN/c1-9(2)14-7-13(16)12(8-17-14)10-4-3-5-11(15)6-10/h3-9H,1-2H3. The second kappa shape index (κ2) is 4.84. The number of rotatable bonds is 2. The molecule has 1 aromatic carbocycles. The van der Waals surface area contributed by atoms with Crippen LogP contribution in [-0.4, -0.2) is 4.98 Å². The van der Waals surface area contributed by atoms with Crippen LogP contribution in [-0.2, 0) is 0 Å². The van der Waals surface area contributed by atoms with Gasteiger partial charge in [-0.3, -0.25) is 4.98 Å². The van der Waals surface area contributed by atoms with Gasteiger partial charge in [0.15, 0.2) is 0 Å². The van der Waals surface area contributed by atoms with Crippen molar-refractivity contribution in [2.75, 3.05) is 0 Å². The van der Waals surface area contributed by atoms with Crippen LogP contribution in [0.1, 0.15) is 25.5 Å². The summed E-state index contributed by atoms with van der Waals surface area (Å²) in [5.74, 6) is -0.0381. The van der Waals surface area contributed by atoms with Crippen LogP contribution >= 0.6 is 11.6 Å². The van der Waals surface area contributed by atoms with Crippen molar-refractivity contribution in [3.8, 4) is 11.1 Å². The van der Waals surface area contributed by atoms with Gasteiger partial charge in [-0.05, 0) is 29.7 Å². The Hall–Kier alpha value is -1.41. The molecule has 3 heteroatoms. The van der Waals surface area contributed by atoms with Crippen LogP contribution in [0.3, 0.4) is 0 Å². The highest BCUT2D eigenvalue weighted by Crippen LogP contribution is 2.26. The quantitative estimate of drug-likeness (QED) is 0.754. The molecule has 0 radical (unpaired) electrons. The Morgan fingerprint density at radius 2 is 2.00 bits per heavy atom. The minimum atomic E-state index is -0.258. The van der Waals surface area contributed by atoms with Gasteiger partial charge in [0.1, 0.15) is 5.82 Å². The second-order valence-corrected chi connectivity index (χ2v) is 4.69. The Balaban J connectivity index is 2.47. The first kappa shape index (κ1) is 12.1. The highest BCUT2D eigenvalue weighted by atomic mass is 35.5. The molecule has 0 N–H and O–H groups in total. The maximum Gasteiger partial charge on any atom is 0.134 e. The lowest BCUT2D eigenvalue weighted by molar-refractivity contribution is 0.622. The smallest absolute Gasteiger partial charge is 0.134 e. The maximum atomic E-state index is 13.9. The maximum absolute atomic E-state index is 13.9. The Labute approximate surface area is 105 Å². The predicted molar refractivity (Wildman–Crippen MR) is 68.7 cm³/mol. The number of halogens is 2. The Kier molecular flexibility index (Phi) is 3.43. The molecule has 0 spiro atoms. The molecule has 1 nitrogen and oxygen atoms in total. The van der Waals surface area contributed by atoms with Crippen molar-refractivity contribution in [1.82, 2.24) is 4.98 Å². The molecule has 0 unspecified atom stereocenters. The van der Waals surface area contributed by atoms with Crippen molar-refractivity contribution in [2.24, 2.45) is 0 Å². The zero-order chi connectivity index (χ0) is 12.4. The minimum absolute atomic E-state index is 0.220. The van der Waals surface area contributed by atoms with Crippen molar-refractivity contribution >= 4 is 11.6 Å². The molecule has 0 amide bonds. The summed E-state index contributed by atoms with van der Waals surface area (Å²) in [4.78, 5) is 4.26. The van der Waals surface area contributed by atoms with Gasteiger partial charge >= 0.3 is 0 Å². The van der Waals surface area contributed by atoms with Gasteiger partial charge in [-0.25, -0.2) is 4.39 Å². The van der Waals surface area contributed by atoms with Gasteiger partial charge in [0.25, 0.3) is 0 Å². The zero-order valence-electron chi connectivity index (χ0n) is 9.74. The molecule has 0 bridgehead atoms. The van der Waals surface area contributed by atoms with Crippen LogP contribution in [0.25, 0.3) is 11.1 Å². The van der Waals surface area contributed by atoms with Gasteiger partial charge in [-0.1, -0.05) is 37.6 Å². The normalized spacial score (nSPS) is 10.9. The van der Waals surface area contributed by atoms with Crippen LogP contribution in [0.2, 0.25) is 5.02 Å². The van der Waals surface area contributed by atoms with Crippen LogP contribution < -0.4 is 0 Å². The summed E-state index contributed by atoms with van der Waals surface area (Å²) in [7, 11) is 0. The van der Waals surface area contributed by atoms with E-state index in [1.54, 1.807) is 24.4 Å². The SMILES string of the molecule is CC(C)c1cc(F)c(-c2cccc(Cl)c2)cn1. The van der Waals surface area contributed by atoms with Crippen LogP contribution in [0.4, 0.5) is 4.39 Å². The molecule has 88 valence electrons. The molecule has 0 aliphatic carbocycles. The lowest BCUT2D eigenvalue weighted by Crippen LogP contribution is -1.95. The summed E-state index contributed by atoms with van der Waals surface area (Å²) < 4.78 is 13.9. The van der Waals surface area contributed by atoms with E-state index in [2.05, 4.69) is 4.98 Å². The van der Waals surface area contributed by atoms with Crippen molar-refractivity contribution in [3.05, 3.63) is 53.1 Å². The molecule has 0 atom stereocenters. The molecule has 1 aromatic heterocycles. The van der Waals surface area contributed by atoms with E-state index in [0.717, 1.165) is 11.3 Å². The van der Waals surface area contributed by atoms with Crippen molar-refractivity contribution in [3.63, 3.8) is 0 Å². The minimum Gasteiger partial charge on any atom is -0.260 e. The van der Waals surface area contributed by atoms with E-state index in [-0.39, 0.29) is 11.7 Å². The van der Waals surface area contributed by atoms with Crippen LogP contribution in [0.15, 0.2) is 36.5 Å². The van der Waals surface area contributed by atoms with Gasteiger partial charge in [0.05, 0.1) is 0 Å². The summed E-state index contributed by atoms with van der Waals surface area (Å²) >= 11 is 5.89. The van der Waals surface area contributed by atoms with Crippen molar-refractivity contribution < 1.29 is 4.39 Å². The molecule has 2 aromatic rings. The first-order valence-electron chi connectivity index (χ1n) is 5.49. The van der Waals surface area contributed by atoms with Gasteiger partial charge in [0, 0.05) is 22.5 Å². The summed E-state index contributed by atoms with van der Waals surface area (Å²) in [6, 6.07) is 8.60. The Morgan fingerprint density at radius 1 is 1.24 bits per heavy atom. The molecule has 0 aliphatic heterocycles. The third-order valence-electron chi connectivity index (χ3n) is 2.60. The number of hydrogen-bond acceptors (Lipinski definition) is 1. The number of benzene rings is 1. The number of nitrogens with zero attached hydrogens (tertiary/aromatic N) is 1. The zero-order valence-corrected chi connectivity index (χ0v) is 10.5. The molecule has 0 fully saturated rings. The van der Waals surface area contributed by atoms with E-state index >= 15 is 0 Å². The summed E-state index contributed by atoms with van der Waals surface area (Å²) in [6.45, 7) is 3.97. The van der Waals surface area contributed by atoms with Gasteiger partial charge in [-0.2, -0.15) is 0 Å². The molecule has 0 aliphatic rings. The third-order valence-corrected chi connectivity index (χ3v) is 2.84. The fourth-order valence-electron chi connectivity index (χ4n) is 1.63. The average molecular weight is 250 g/mol. The van der Waals surface area contributed by atoms with Gasteiger partial charge < -0.3 is 0 Å². The Morgan fingerprint density at radius 3 is 2.59 bits per heavy atom. The van der Waals surface area contributed by atoms with E-state index in [9.17, 15) is 4.39 Å². The fourth-order valence-corrected chi connectivity index (χ4v) is 1.82. The van der Waals surface area contributed by atoms with E-state index in [4.69, 9.17) is 11.6 Å². The first-order chi connectivity index (χ1) is 8.08. The van der Waals surface area contributed by atoms with E-state index in [0.29, 0.717) is 10.6 Å². The monoisotopic (exact) mass is 249 g/mol. The molecular formula is C14H13ClFN. The van der Waals surface area contributed by atoms with E-state index < -0.39 is 0 Å². The largest absolute Gasteiger partial charge is 0.260 e. The lowest BCUT2D eigenvalue weighted by atomic mass is 10.0.